The Morgan fingerprint density at radius 3 is 2.55 bits per heavy atom. The standard InChI is InChI=1S/C6H9NO4/c1-6(11)2-3(4(8)9)7-5(6)10/h3,11H,2H2,1H3,(H,7,10)(H,8,9)/t3-,6?/m0/s1. The van der Waals surface area contributed by atoms with Crippen molar-refractivity contribution in [1.29, 1.82) is 0 Å². The summed E-state index contributed by atoms with van der Waals surface area (Å²) in [5.41, 5.74) is -1.52. The molecule has 1 unspecified atom stereocenters. The molecule has 1 aliphatic rings. The first kappa shape index (κ1) is 8.00. The minimum atomic E-state index is -1.52. The highest BCUT2D eigenvalue weighted by atomic mass is 16.4. The van der Waals surface area contributed by atoms with Crippen molar-refractivity contribution in [2.75, 3.05) is 0 Å². The minimum absolute atomic E-state index is 0.0683. The summed E-state index contributed by atoms with van der Waals surface area (Å²) in [6.07, 6.45) is -0.0683. The zero-order valence-electron chi connectivity index (χ0n) is 6.00. The number of carboxylic acid groups (broad SMARTS) is 1. The molecule has 1 heterocycles. The molecule has 0 aromatic rings. The average molecular weight is 159 g/mol. The van der Waals surface area contributed by atoms with E-state index in [4.69, 9.17) is 5.11 Å². The van der Waals surface area contributed by atoms with Crippen LogP contribution >= 0.6 is 0 Å². The summed E-state index contributed by atoms with van der Waals surface area (Å²) in [5, 5.41) is 19.8. The molecule has 62 valence electrons. The first-order valence-electron chi connectivity index (χ1n) is 3.19. The SMILES string of the molecule is CC1(O)C[C@@H](C(=O)O)NC1=O. The maximum absolute atomic E-state index is 10.8. The molecule has 0 aromatic carbocycles. The van der Waals surface area contributed by atoms with Crippen LogP contribution in [-0.2, 0) is 9.59 Å². The second kappa shape index (κ2) is 2.20. The van der Waals surface area contributed by atoms with Crippen molar-refractivity contribution < 1.29 is 19.8 Å². The number of nitrogens with one attached hydrogen (secondary N) is 1. The summed E-state index contributed by atoms with van der Waals surface area (Å²) in [6.45, 7) is 1.30. The Labute approximate surface area is 63.0 Å². The Morgan fingerprint density at radius 2 is 2.36 bits per heavy atom. The Balaban J connectivity index is 2.72. The predicted octanol–water partition coefficient (Wildman–Crippen LogP) is -1.29. The van der Waals surface area contributed by atoms with Gasteiger partial charge in [0.25, 0.3) is 5.91 Å². The number of rotatable bonds is 1. The molecular formula is C6H9NO4. The molecule has 0 aromatic heterocycles. The van der Waals surface area contributed by atoms with E-state index in [0.29, 0.717) is 0 Å². The highest BCUT2D eigenvalue weighted by Gasteiger charge is 2.44. The fourth-order valence-corrected chi connectivity index (χ4v) is 1.00. The smallest absolute Gasteiger partial charge is 0.326 e. The maximum atomic E-state index is 10.8. The van der Waals surface area contributed by atoms with Gasteiger partial charge >= 0.3 is 5.97 Å². The third-order valence-corrected chi connectivity index (χ3v) is 1.69. The van der Waals surface area contributed by atoms with Gasteiger partial charge in [0.1, 0.15) is 11.6 Å². The monoisotopic (exact) mass is 159 g/mol. The van der Waals surface area contributed by atoms with Gasteiger partial charge < -0.3 is 15.5 Å². The molecule has 3 N–H and O–H groups in total. The third-order valence-electron chi connectivity index (χ3n) is 1.69. The van der Waals surface area contributed by atoms with Gasteiger partial charge in [-0.25, -0.2) is 4.79 Å². The van der Waals surface area contributed by atoms with Crippen LogP contribution in [0, 0.1) is 0 Å². The molecule has 5 heteroatoms. The van der Waals surface area contributed by atoms with Crippen molar-refractivity contribution >= 4 is 11.9 Å². The molecule has 0 bridgehead atoms. The number of aliphatic hydroxyl groups is 1. The molecule has 1 fully saturated rings. The van der Waals surface area contributed by atoms with Crippen molar-refractivity contribution in [2.24, 2.45) is 0 Å². The van der Waals surface area contributed by atoms with Crippen LogP contribution < -0.4 is 5.32 Å². The molecule has 11 heavy (non-hydrogen) atoms. The first-order valence-corrected chi connectivity index (χ1v) is 3.19. The zero-order chi connectivity index (χ0) is 8.65. The van der Waals surface area contributed by atoms with Crippen LogP contribution in [0.15, 0.2) is 0 Å². The Kier molecular flexibility index (Phi) is 1.60. The summed E-state index contributed by atoms with van der Waals surface area (Å²) in [6, 6.07) is -0.947. The number of hydrogen-bond acceptors (Lipinski definition) is 3. The van der Waals surface area contributed by atoms with Crippen molar-refractivity contribution in [3.63, 3.8) is 0 Å². The summed E-state index contributed by atoms with van der Waals surface area (Å²) in [4.78, 5) is 21.1. The van der Waals surface area contributed by atoms with Crippen LogP contribution in [0.2, 0.25) is 0 Å². The third kappa shape index (κ3) is 1.32. The molecule has 1 aliphatic heterocycles. The fraction of sp³-hybridized carbons (Fsp3) is 0.667. The first-order chi connectivity index (χ1) is 4.93. The van der Waals surface area contributed by atoms with Gasteiger partial charge in [0.05, 0.1) is 0 Å². The van der Waals surface area contributed by atoms with Gasteiger partial charge in [-0.15, -0.1) is 0 Å². The maximum Gasteiger partial charge on any atom is 0.326 e. The number of amides is 1. The number of hydrogen-bond donors (Lipinski definition) is 3. The van der Waals surface area contributed by atoms with E-state index in [1.54, 1.807) is 0 Å². The molecule has 2 atom stereocenters. The largest absolute Gasteiger partial charge is 0.480 e. The second-order valence-corrected chi connectivity index (χ2v) is 2.84. The van der Waals surface area contributed by atoms with Crippen LogP contribution in [0.25, 0.3) is 0 Å². The highest BCUT2D eigenvalue weighted by Crippen LogP contribution is 2.19. The van der Waals surface area contributed by atoms with Gasteiger partial charge in [0, 0.05) is 6.42 Å². The molecule has 0 radical (unpaired) electrons. The molecule has 5 nitrogen and oxygen atoms in total. The van der Waals surface area contributed by atoms with E-state index in [1.165, 1.54) is 6.92 Å². The van der Waals surface area contributed by atoms with Crippen molar-refractivity contribution in [2.45, 2.75) is 25.0 Å². The number of carboxylic acids is 1. The van der Waals surface area contributed by atoms with E-state index in [0.717, 1.165) is 0 Å². The van der Waals surface area contributed by atoms with Gasteiger partial charge in [-0.1, -0.05) is 0 Å². The van der Waals surface area contributed by atoms with Crippen LogP contribution in [0.3, 0.4) is 0 Å². The fourth-order valence-electron chi connectivity index (χ4n) is 1.00. The Bertz CT molecular complexity index is 211. The average Bonchev–Trinajstić information content (AvgIpc) is 2.08. The van der Waals surface area contributed by atoms with Crippen molar-refractivity contribution in [1.82, 2.24) is 5.32 Å². The normalized spacial score (nSPS) is 36.9. The summed E-state index contributed by atoms with van der Waals surface area (Å²) in [7, 11) is 0. The van der Waals surface area contributed by atoms with Crippen LogP contribution in [0.4, 0.5) is 0 Å². The molecule has 1 amide bonds. The van der Waals surface area contributed by atoms with E-state index in [2.05, 4.69) is 5.32 Å². The van der Waals surface area contributed by atoms with E-state index in [9.17, 15) is 14.7 Å². The lowest BCUT2D eigenvalue weighted by Crippen LogP contribution is -2.36. The molecular weight excluding hydrogens is 150 g/mol. The summed E-state index contributed by atoms with van der Waals surface area (Å²) in [5.74, 6) is -1.74. The molecule has 1 rings (SSSR count). The van der Waals surface area contributed by atoms with E-state index < -0.39 is 23.5 Å². The lowest BCUT2D eigenvalue weighted by Gasteiger charge is -2.09. The predicted molar refractivity (Wildman–Crippen MR) is 34.8 cm³/mol. The molecule has 0 saturated carbocycles. The van der Waals surface area contributed by atoms with Gasteiger partial charge in [-0.05, 0) is 6.92 Å². The number of carbonyl (C=O) groups excluding carboxylic acids is 1. The van der Waals surface area contributed by atoms with Gasteiger partial charge in [0.2, 0.25) is 0 Å². The van der Waals surface area contributed by atoms with Crippen molar-refractivity contribution in [3.8, 4) is 0 Å². The van der Waals surface area contributed by atoms with Crippen LogP contribution in [-0.4, -0.2) is 33.7 Å². The van der Waals surface area contributed by atoms with E-state index >= 15 is 0 Å². The minimum Gasteiger partial charge on any atom is -0.480 e. The van der Waals surface area contributed by atoms with E-state index in [-0.39, 0.29) is 6.42 Å². The Morgan fingerprint density at radius 1 is 1.82 bits per heavy atom. The lowest BCUT2D eigenvalue weighted by molar-refractivity contribution is -0.140. The van der Waals surface area contributed by atoms with Gasteiger partial charge in [-0.2, -0.15) is 0 Å². The topological polar surface area (TPSA) is 86.6 Å². The van der Waals surface area contributed by atoms with Crippen LogP contribution in [0.5, 0.6) is 0 Å². The zero-order valence-corrected chi connectivity index (χ0v) is 6.00. The van der Waals surface area contributed by atoms with Gasteiger partial charge in [0.15, 0.2) is 0 Å². The molecule has 0 spiro atoms. The highest BCUT2D eigenvalue weighted by molar-refractivity contribution is 5.93. The quantitative estimate of drug-likeness (QED) is 0.444. The van der Waals surface area contributed by atoms with Crippen molar-refractivity contribution in [3.05, 3.63) is 0 Å². The van der Waals surface area contributed by atoms with Crippen LogP contribution in [0.1, 0.15) is 13.3 Å². The van der Waals surface area contributed by atoms with E-state index in [1.807, 2.05) is 0 Å². The number of aliphatic carboxylic acids is 1. The van der Waals surface area contributed by atoms with Gasteiger partial charge in [-0.3, -0.25) is 4.79 Å². The second-order valence-electron chi connectivity index (χ2n) is 2.84. The lowest BCUT2D eigenvalue weighted by atomic mass is 10.0. The molecule has 0 aliphatic carbocycles. The molecule has 1 saturated heterocycles. The number of carbonyl (C=O) groups is 2. The summed E-state index contributed by atoms with van der Waals surface area (Å²) >= 11 is 0. The summed E-state index contributed by atoms with van der Waals surface area (Å²) < 4.78 is 0. The Hall–Kier alpha value is -1.10.